The van der Waals surface area contributed by atoms with Gasteiger partial charge in [0, 0.05) is 24.4 Å². The fraction of sp³-hybridized carbons (Fsp3) is 0.412. The van der Waals surface area contributed by atoms with Crippen molar-refractivity contribution >= 4 is 22.6 Å². The summed E-state index contributed by atoms with van der Waals surface area (Å²) in [5, 5.41) is 10.6. The third-order valence-corrected chi connectivity index (χ3v) is 4.84. The largest absolute Gasteiger partial charge is 0.478 e. The van der Waals surface area contributed by atoms with Gasteiger partial charge in [0.15, 0.2) is 0 Å². The van der Waals surface area contributed by atoms with Crippen LogP contribution in [0.2, 0.25) is 0 Å². The Hall–Kier alpha value is -2.10. The zero-order valence-corrected chi connectivity index (χ0v) is 12.3. The van der Waals surface area contributed by atoms with Gasteiger partial charge in [-0.2, -0.15) is 0 Å². The number of pyridine rings is 1. The van der Waals surface area contributed by atoms with Crippen LogP contribution in [0.15, 0.2) is 12.1 Å². The van der Waals surface area contributed by atoms with E-state index in [1.807, 2.05) is 26.0 Å². The van der Waals surface area contributed by atoms with Crippen molar-refractivity contribution in [2.24, 2.45) is 0 Å². The third kappa shape index (κ3) is 1.68. The molecule has 3 aliphatic rings. The number of benzene rings is 1. The molecule has 0 saturated carbocycles. The van der Waals surface area contributed by atoms with Gasteiger partial charge in [0.2, 0.25) is 0 Å². The van der Waals surface area contributed by atoms with E-state index in [-0.39, 0.29) is 0 Å². The molecule has 2 bridgehead atoms. The van der Waals surface area contributed by atoms with E-state index in [2.05, 4.69) is 4.90 Å². The highest BCUT2D eigenvalue weighted by Crippen LogP contribution is 2.45. The summed E-state index contributed by atoms with van der Waals surface area (Å²) in [4.78, 5) is 19.0. The van der Waals surface area contributed by atoms with Crippen molar-refractivity contribution in [3.63, 3.8) is 0 Å². The number of hydrogen-bond acceptors (Lipinski definition) is 3. The summed E-state index contributed by atoms with van der Waals surface area (Å²) in [5.41, 5.74) is 5.30. The zero-order valence-electron chi connectivity index (χ0n) is 12.3. The predicted molar refractivity (Wildman–Crippen MR) is 82.4 cm³/mol. The molecule has 4 heteroatoms. The molecule has 1 fully saturated rings. The molecule has 108 valence electrons. The van der Waals surface area contributed by atoms with Gasteiger partial charge < -0.3 is 10.0 Å². The summed E-state index contributed by atoms with van der Waals surface area (Å²) in [7, 11) is 0. The Morgan fingerprint density at radius 3 is 2.67 bits per heavy atom. The van der Waals surface area contributed by atoms with Crippen molar-refractivity contribution in [3.05, 3.63) is 34.5 Å². The molecule has 0 unspecified atom stereocenters. The summed E-state index contributed by atoms with van der Waals surface area (Å²) in [6, 6.07) is 4.05. The smallest absolute Gasteiger partial charge is 0.338 e. The molecule has 0 amide bonds. The number of carboxylic acid groups (broad SMARTS) is 1. The lowest BCUT2D eigenvalue weighted by molar-refractivity contribution is 0.0699. The van der Waals surface area contributed by atoms with Gasteiger partial charge in [0.25, 0.3) is 0 Å². The van der Waals surface area contributed by atoms with Crippen LogP contribution in [0.4, 0.5) is 5.69 Å². The number of nitrogens with zero attached hydrogens (tertiary/aromatic N) is 2. The maximum Gasteiger partial charge on any atom is 0.338 e. The molecule has 1 aromatic heterocycles. The number of aromatic nitrogens is 1. The molecule has 0 radical (unpaired) electrons. The van der Waals surface area contributed by atoms with Gasteiger partial charge in [-0.3, -0.25) is 4.98 Å². The molecule has 0 atom stereocenters. The van der Waals surface area contributed by atoms with E-state index in [4.69, 9.17) is 4.98 Å². The van der Waals surface area contributed by atoms with Crippen LogP contribution in [-0.2, 0) is 0 Å². The Labute approximate surface area is 123 Å². The van der Waals surface area contributed by atoms with E-state index in [1.54, 1.807) is 0 Å². The number of hydrogen-bond donors (Lipinski definition) is 1. The highest BCUT2D eigenvalue weighted by Gasteiger charge is 2.36. The molecule has 21 heavy (non-hydrogen) atoms. The van der Waals surface area contributed by atoms with Crippen LogP contribution >= 0.6 is 0 Å². The topological polar surface area (TPSA) is 53.4 Å². The Kier molecular flexibility index (Phi) is 2.52. The number of fused-ring (bicyclic) bond motifs is 3. The first kappa shape index (κ1) is 12.6. The lowest BCUT2D eigenvalue weighted by Gasteiger charge is -2.42. The summed E-state index contributed by atoms with van der Waals surface area (Å²) < 4.78 is 0. The Morgan fingerprint density at radius 1 is 1.29 bits per heavy atom. The van der Waals surface area contributed by atoms with Crippen LogP contribution in [-0.4, -0.2) is 29.1 Å². The van der Waals surface area contributed by atoms with Gasteiger partial charge >= 0.3 is 5.97 Å². The Morgan fingerprint density at radius 2 is 2.00 bits per heavy atom. The van der Waals surface area contributed by atoms with Crippen LogP contribution in [0.3, 0.4) is 0 Å². The van der Waals surface area contributed by atoms with Crippen LogP contribution in [0, 0.1) is 13.8 Å². The quantitative estimate of drug-likeness (QED) is 0.872. The maximum atomic E-state index is 11.9. The van der Waals surface area contributed by atoms with Crippen molar-refractivity contribution in [2.45, 2.75) is 32.6 Å². The van der Waals surface area contributed by atoms with Crippen molar-refractivity contribution < 1.29 is 9.90 Å². The Bertz CT molecular complexity index is 774. The Balaban J connectivity index is 2.17. The number of aryl methyl sites for hydroxylation is 2. The molecule has 1 N–H and O–H groups in total. The van der Waals surface area contributed by atoms with E-state index in [9.17, 15) is 9.90 Å². The molecule has 4 heterocycles. The number of carbonyl (C=O) groups is 1. The van der Waals surface area contributed by atoms with Gasteiger partial charge in [-0.15, -0.1) is 0 Å². The second-order valence-corrected chi connectivity index (χ2v) is 6.26. The molecule has 0 aliphatic carbocycles. The average Bonchev–Trinajstić information content (AvgIpc) is 2.45. The monoisotopic (exact) mass is 282 g/mol. The molecule has 5 rings (SSSR count). The summed E-state index contributed by atoms with van der Waals surface area (Å²) >= 11 is 0. The van der Waals surface area contributed by atoms with Gasteiger partial charge in [0.05, 0.1) is 22.5 Å². The van der Waals surface area contributed by atoms with E-state index in [0.717, 1.165) is 59.3 Å². The SMILES string of the molecule is Cc1cc(C)c2c(C(=O)O)c3c(nc2c1)C1CCN3CC1. The van der Waals surface area contributed by atoms with E-state index in [1.165, 1.54) is 0 Å². The third-order valence-electron chi connectivity index (χ3n) is 4.84. The van der Waals surface area contributed by atoms with Crippen molar-refractivity contribution in [2.75, 3.05) is 18.0 Å². The highest BCUT2D eigenvalue weighted by atomic mass is 16.4. The standard InChI is InChI=1S/C17H18N2O2/c1-9-7-10(2)13-12(8-9)18-15-11-3-5-19(6-4-11)16(15)14(13)17(20)21/h7-8,11H,3-6H2,1-2H3,(H,20,21). The minimum atomic E-state index is -0.835. The van der Waals surface area contributed by atoms with Crippen LogP contribution in [0.25, 0.3) is 10.9 Å². The molecule has 3 aliphatic heterocycles. The number of piperidine rings is 1. The lowest BCUT2D eigenvalue weighted by atomic mass is 9.83. The molecule has 4 nitrogen and oxygen atoms in total. The second kappa shape index (κ2) is 4.20. The fourth-order valence-corrected chi connectivity index (χ4v) is 3.98. The average molecular weight is 282 g/mol. The normalized spacial score (nSPS) is 17.3. The van der Waals surface area contributed by atoms with Crippen molar-refractivity contribution in [1.29, 1.82) is 0 Å². The first-order valence-electron chi connectivity index (χ1n) is 7.49. The number of aromatic carboxylic acids is 1. The van der Waals surface area contributed by atoms with E-state index >= 15 is 0 Å². The number of anilines is 1. The lowest BCUT2D eigenvalue weighted by Crippen LogP contribution is -2.40. The van der Waals surface area contributed by atoms with Crippen LogP contribution in [0.1, 0.15) is 45.9 Å². The maximum absolute atomic E-state index is 11.9. The van der Waals surface area contributed by atoms with Gasteiger partial charge in [-0.05, 0) is 43.9 Å². The van der Waals surface area contributed by atoms with Crippen LogP contribution < -0.4 is 4.90 Å². The number of rotatable bonds is 1. The molecule has 0 spiro atoms. The first-order chi connectivity index (χ1) is 10.1. The first-order valence-corrected chi connectivity index (χ1v) is 7.49. The highest BCUT2D eigenvalue weighted by molar-refractivity contribution is 6.09. The molecule has 1 aromatic carbocycles. The number of carboxylic acids is 1. The predicted octanol–water partition coefficient (Wildman–Crippen LogP) is 3.25. The molecule has 2 aromatic rings. The second-order valence-electron chi connectivity index (χ2n) is 6.26. The summed E-state index contributed by atoms with van der Waals surface area (Å²) in [5.74, 6) is -0.411. The minimum absolute atomic E-state index is 0.424. The molecular formula is C17H18N2O2. The zero-order chi connectivity index (χ0) is 14.7. The molecular weight excluding hydrogens is 264 g/mol. The van der Waals surface area contributed by atoms with E-state index < -0.39 is 5.97 Å². The minimum Gasteiger partial charge on any atom is -0.478 e. The molecule has 1 saturated heterocycles. The van der Waals surface area contributed by atoms with Crippen molar-refractivity contribution in [1.82, 2.24) is 4.98 Å². The van der Waals surface area contributed by atoms with Crippen molar-refractivity contribution in [3.8, 4) is 0 Å². The van der Waals surface area contributed by atoms with Gasteiger partial charge in [-0.1, -0.05) is 6.07 Å². The van der Waals surface area contributed by atoms with Gasteiger partial charge in [0.1, 0.15) is 0 Å². The van der Waals surface area contributed by atoms with E-state index in [0.29, 0.717) is 11.5 Å². The van der Waals surface area contributed by atoms with Crippen LogP contribution in [0.5, 0.6) is 0 Å². The summed E-state index contributed by atoms with van der Waals surface area (Å²) in [6.07, 6.45) is 2.19. The fourth-order valence-electron chi connectivity index (χ4n) is 3.98. The summed E-state index contributed by atoms with van der Waals surface area (Å²) in [6.45, 7) is 5.92. The van der Waals surface area contributed by atoms with Gasteiger partial charge in [-0.25, -0.2) is 4.79 Å².